The lowest BCUT2D eigenvalue weighted by atomic mass is 10.2. The zero-order valence-electron chi connectivity index (χ0n) is 12.2. The van der Waals surface area contributed by atoms with Crippen molar-refractivity contribution in [3.63, 3.8) is 0 Å². The van der Waals surface area contributed by atoms with Crippen LogP contribution >= 0.6 is 0 Å². The third-order valence-electron chi connectivity index (χ3n) is 3.45. The van der Waals surface area contributed by atoms with E-state index in [-0.39, 0.29) is 0 Å². The Balaban J connectivity index is 1.98. The van der Waals surface area contributed by atoms with Gasteiger partial charge in [-0.25, -0.2) is 0 Å². The molecular weight excluding hydrogens is 210 g/mol. The Labute approximate surface area is 108 Å². The number of nitrogens with zero attached hydrogens (tertiary/aromatic N) is 2. The highest BCUT2D eigenvalue weighted by atomic mass is 15.2. The summed E-state index contributed by atoms with van der Waals surface area (Å²) in [5.74, 6) is 1.01. The van der Waals surface area contributed by atoms with Gasteiger partial charge in [0.25, 0.3) is 0 Å². The molecule has 0 unspecified atom stereocenters. The van der Waals surface area contributed by atoms with Crippen molar-refractivity contribution < 1.29 is 0 Å². The lowest BCUT2D eigenvalue weighted by Gasteiger charge is -2.26. The molecule has 1 N–H and O–H groups in total. The molecule has 0 radical (unpaired) electrons. The van der Waals surface area contributed by atoms with Gasteiger partial charge in [-0.05, 0) is 66.2 Å². The van der Waals surface area contributed by atoms with Gasteiger partial charge in [0, 0.05) is 25.7 Å². The smallest absolute Gasteiger partial charge is 0.0110 e. The Morgan fingerprint density at radius 1 is 1.12 bits per heavy atom. The SMILES string of the molecule is CC(C)N(CCNCCCN(C)C)CC1CC1. The molecule has 1 aliphatic rings. The topological polar surface area (TPSA) is 18.5 Å². The first-order chi connectivity index (χ1) is 8.09. The van der Waals surface area contributed by atoms with E-state index < -0.39 is 0 Å². The van der Waals surface area contributed by atoms with Gasteiger partial charge in [0.15, 0.2) is 0 Å². The molecule has 1 rings (SSSR count). The first-order valence-electron chi connectivity index (χ1n) is 7.19. The van der Waals surface area contributed by atoms with Crippen molar-refractivity contribution in [2.24, 2.45) is 5.92 Å². The summed E-state index contributed by atoms with van der Waals surface area (Å²) in [5, 5.41) is 3.55. The van der Waals surface area contributed by atoms with E-state index >= 15 is 0 Å². The Morgan fingerprint density at radius 3 is 2.35 bits per heavy atom. The lowest BCUT2D eigenvalue weighted by molar-refractivity contribution is 0.212. The molecule has 3 nitrogen and oxygen atoms in total. The predicted molar refractivity (Wildman–Crippen MR) is 75.5 cm³/mol. The average Bonchev–Trinajstić information content (AvgIpc) is 3.04. The van der Waals surface area contributed by atoms with Gasteiger partial charge < -0.3 is 10.2 Å². The molecule has 1 fully saturated rings. The summed E-state index contributed by atoms with van der Waals surface area (Å²) in [5.41, 5.74) is 0. The van der Waals surface area contributed by atoms with Crippen LogP contribution in [0.2, 0.25) is 0 Å². The Kier molecular flexibility index (Phi) is 7.09. The van der Waals surface area contributed by atoms with Crippen molar-refractivity contribution in [3.8, 4) is 0 Å². The summed E-state index contributed by atoms with van der Waals surface area (Å²) < 4.78 is 0. The molecule has 0 aromatic heterocycles. The molecule has 0 heterocycles. The summed E-state index contributed by atoms with van der Waals surface area (Å²) in [6, 6.07) is 0.694. The molecule has 0 atom stereocenters. The average molecular weight is 241 g/mol. The predicted octanol–water partition coefficient (Wildman–Crippen LogP) is 1.65. The third-order valence-corrected chi connectivity index (χ3v) is 3.45. The van der Waals surface area contributed by atoms with Crippen LogP contribution in [-0.2, 0) is 0 Å². The van der Waals surface area contributed by atoms with Crippen LogP contribution < -0.4 is 5.32 Å². The third kappa shape index (κ3) is 7.74. The van der Waals surface area contributed by atoms with Gasteiger partial charge in [-0.3, -0.25) is 4.90 Å². The van der Waals surface area contributed by atoms with E-state index in [0.717, 1.165) is 19.0 Å². The number of rotatable bonds is 10. The van der Waals surface area contributed by atoms with E-state index in [1.807, 2.05) is 0 Å². The summed E-state index contributed by atoms with van der Waals surface area (Å²) >= 11 is 0. The number of nitrogens with one attached hydrogen (secondary N) is 1. The monoisotopic (exact) mass is 241 g/mol. The van der Waals surface area contributed by atoms with E-state index in [1.165, 1.54) is 38.9 Å². The lowest BCUT2D eigenvalue weighted by Crippen LogP contribution is -2.38. The fourth-order valence-corrected chi connectivity index (χ4v) is 2.06. The molecule has 0 amide bonds. The van der Waals surface area contributed by atoms with E-state index in [0.29, 0.717) is 6.04 Å². The molecule has 0 aromatic carbocycles. The standard InChI is InChI=1S/C14H31N3/c1-13(2)17(12-14-6-7-14)11-9-15-8-5-10-16(3)4/h13-15H,5-12H2,1-4H3. The normalized spacial score (nSPS) is 16.4. The molecular formula is C14H31N3. The molecule has 0 saturated heterocycles. The fraction of sp³-hybridized carbons (Fsp3) is 1.00. The van der Waals surface area contributed by atoms with Crippen molar-refractivity contribution in [1.82, 2.24) is 15.1 Å². The molecule has 3 heteroatoms. The van der Waals surface area contributed by atoms with E-state index in [4.69, 9.17) is 0 Å². The van der Waals surface area contributed by atoms with Gasteiger partial charge in [-0.15, -0.1) is 0 Å². The minimum atomic E-state index is 0.694. The van der Waals surface area contributed by atoms with Crippen LogP contribution in [0.3, 0.4) is 0 Å². The molecule has 1 aliphatic carbocycles. The molecule has 1 saturated carbocycles. The quantitative estimate of drug-likeness (QED) is 0.587. The maximum absolute atomic E-state index is 3.55. The molecule has 0 spiro atoms. The maximum Gasteiger partial charge on any atom is 0.0110 e. The number of hydrogen-bond donors (Lipinski definition) is 1. The van der Waals surface area contributed by atoms with E-state index in [1.54, 1.807) is 0 Å². The van der Waals surface area contributed by atoms with Gasteiger partial charge in [-0.1, -0.05) is 0 Å². The van der Waals surface area contributed by atoms with Crippen LogP contribution in [0, 0.1) is 5.92 Å². The fourth-order valence-electron chi connectivity index (χ4n) is 2.06. The second-order valence-corrected chi connectivity index (χ2v) is 5.94. The summed E-state index contributed by atoms with van der Waals surface area (Å²) in [6.45, 7) is 10.6. The van der Waals surface area contributed by atoms with Crippen LogP contribution in [0.4, 0.5) is 0 Å². The van der Waals surface area contributed by atoms with Crippen LogP contribution in [0.5, 0.6) is 0 Å². The van der Waals surface area contributed by atoms with E-state index in [9.17, 15) is 0 Å². The van der Waals surface area contributed by atoms with Crippen LogP contribution in [0.15, 0.2) is 0 Å². The molecule has 17 heavy (non-hydrogen) atoms. The summed E-state index contributed by atoms with van der Waals surface area (Å²) in [6.07, 6.45) is 4.16. The van der Waals surface area contributed by atoms with Crippen LogP contribution in [0.25, 0.3) is 0 Å². The highest BCUT2D eigenvalue weighted by Crippen LogP contribution is 2.30. The Morgan fingerprint density at radius 2 is 1.82 bits per heavy atom. The molecule has 0 aromatic rings. The summed E-state index contributed by atoms with van der Waals surface area (Å²) in [4.78, 5) is 4.87. The van der Waals surface area contributed by atoms with Gasteiger partial charge in [0.05, 0.1) is 0 Å². The first-order valence-corrected chi connectivity index (χ1v) is 7.19. The van der Waals surface area contributed by atoms with Crippen molar-refractivity contribution in [2.75, 3.05) is 46.8 Å². The highest BCUT2D eigenvalue weighted by Gasteiger charge is 2.24. The summed E-state index contributed by atoms with van der Waals surface area (Å²) in [7, 11) is 4.27. The second kappa shape index (κ2) is 8.06. The minimum Gasteiger partial charge on any atom is -0.315 e. The van der Waals surface area contributed by atoms with Crippen molar-refractivity contribution in [1.29, 1.82) is 0 Å². The van der Waals surface area contributed by atoms with Crippen LogP contribution in [-0.4, -0.2) is 62.7 Å². The van der Waals surface area contributed by atoms with Gasteiger partial charge in [0.2, 0.25) is 0 Å². The number of hydrogen-bond acceptors (Lipinski definition) is 3. The van der Waals surface area contributed by atoms with Gasteiger partial charge >= 0.3 is 0 Å². The first kappa shape index (κ1) is 14.9. The second-order valence-electron chi connectivity index (χ2n) is 5.94. The molecule has 102 valence electrons. The van der Waals surface area contributed by atoms with Crippen molar-refractivity contribution in [3.05, 3.63) is 0 Å². The molecule has 0 bridgehead atoms. The van der Waals surface area contributed by atoms with Gasteiger partial charge in [0.1, 0.15) is 0 Å². The molecule has 0 aliphatic heterocycles. The Hall–Kier alpha value is -0.120. The van der Waals surface area contributed by atoms with Crippen molar-refractivity contribution >= 4 is 0 Å². The van der Waals surface area contributed by atoms with Crippen LogP contribution in [0.1, 0.15) is 33.1 Å². The maximum atomic E-state index is 3.55. The van der Waals surface area contributed by atoms with E-state index in [2.05, 4.69) is 43.1 Å². The van der Waals surface area contributed by atoms with Gasteiger partial charge in [-0.2, -0.15) is 0 Å². The Bertz CT molecular complexity index is 188. The zero-order chi connectivity index (χ0) is 12.7. The zero-order valence-corrected chi connectivity index (χ0v) is 12.2. The van der Waals surface area contributed by atoms with Crippen molar-refractivity contribution in [2.45, 2.75) is 39.2 Å². The highest BCUT2D eigenvalue weighted by molar-refractivity contribution is 4.79. The minimum absolute atomic E-state index is 0.694. The largest absolute Gasteiger partial charge is 0.315 e.